The van der Waals surface area contributed by atoms with Gasteiger partial charge in [-0.15, -0.1) is 0 Å². The number of pyridine rings is 1. The molecule has 0 aromatic carbocycles. The van der Waals surface area contributed by atoms with Crippen LogP contribution in [0.1, 0.15) is 62.9 Å². The number of nitrogens with zero attached hydrogens (tertiary/aromatic N) is 2. The van der Waals surface area contributed by atoms with E-state index in [-0.39, 0.29) is 24.1 Å². The van der Waals surface area contributed by atoms with Crippen molar-refractivity contribution in [1.82, 2.24) is 15.2 Å². The molecular weight excluding hydrogens is 386 g/mol. The monoisotopic (exact) mass is 419 g/mol. The molecule has 1 aliphatic heterocycles. The van der Waals surface area contributed by atoms with Crippen LogP contribution < -0.4 is 10.1 Å². The molecule has 1 saturated carbocycles. The lowest BCUT2D eigenvalue weighted by atomic mass is 10.1. The van der Waals surface area contributed by atoms with Gasteiger partial charge in [0.25, 0.3) is 5.91 Å². The summed E-state index contributed by atoms with van der Waals surface area (Å²) in [6.07, 6.45) is 5.53. The Balaban J connectivity index is 1.71. The normalized spacial score (nSPS) is 19.6. The summed E-state index contributed by atoms with van der Waals surface area (Å²) < 4.78 is 15.8. The van der Waals surface area contributed by atoms with E-state index >= 15 is 0 Å². The number of ether oxygens (including phenoxy) is 3. The van der Waals surface area contributed by atoms with Crippen molar-refractivity contribution in [2.24, 2.45) is 0 Å². The van der Waals surface area contributed by atoms with Gasteiger partial charge in [0.15, 0.2) is 0 Å². The first-order valence-corrected chi connectivity index (χ1v) is 10.8. The minimum absolute atomic E-state index is 0.0816. The number of aryl methyl sites for hydroxylation is 1. The number of methoxy groups -OCH3 is 2. The van der Waals surface area contributed by atoms with Gasteiger partial charge < -0.3 is 24.4 Å². The Morgan fingerprint density at radius 1 is 1.27 bits per heavy atom. The second-order valence-electron chi connectivity index (χ2n) is 7.95. The minimum Gasteiger partial charge on any atom is -0.497 e. The van der Waals surface area contributed by atoms with Crippen molar-refractivity contribution in [2.75, 3.05) is 27.4 Å². The summed E-state index contributed by atoms with van der Waals surface area (Å²) in [7, 11) is 2.98. The molecule has 1 saturated heterocycles. The third kappa shape index (κ3) is 5.84. The molecule has 1 aliphatic carbocycles. The Morgan fingerprint density at radius 2 is 2.07 bits per heavy atom. The summed E-state index contributed by atoms with van der Waals surface area (Å²) in [6, 6.07) is 3.92. The Bertz CT molecular complexity index is 731. The molecule has 1 aromatic rings. The highest BCUT2D eigenvalue weighted by molar-refractivity contribution is 5.82. The number of carbonyl (C=O) groups is 2. The van der Waals surface area contributed by atoms with Gasteiger partial charge in [-0.1, -0.05) is 0 Å². The number of alkyl carbamates (subject to hydrolysis) is 1. The van der Waals surface area contributed by atoms with Crippen LogP contribution in [0, 0.1) is 0 Å². The second kappa shape index (κ2) is 10.6. The maximum Gasteiger partial charge on any atom is 0.406 e. The molecule has 0 unspecified atom stereocenters. The van der Waals surface area contributed by atoms with Gasteiger partial charge in [-0.25, -0.2) is 4.79 Å². The Kier molecular flexibility index (Phi) is 7.90. The molecule has 8 heteroatoms. The minimum atomic E-state index is -0.438. The number of rotatable bonds is 9. The number of carbonyl (C=O) groups excluding carboxylic acids is 2. The van der Waals surface area contributed by atoms with Crippen LogP contribution in [0.2, 0.25) is 0 Å². The summed E-state index contributed by atoms with van der Waals surface area (Å²) in [4.78, 5) is 31.2. The molecule has 2 fully saturated rings. The molecule has 166 valence electrons. The predicted octanol–water partition coefficient (Wildman–Crippen LogP) is 3.00. The fraction of sp³-hybridized carbons (Fsp3) is 0.682. The number of aromatic nitrogens is 1. The molecule has 2 heterocycles. The van der Waals surface area contributed by atoms with E-state index in [1.165, 1.54) is 7.11 Å². The zero-order chi connectivity index (χ0) is 21.5. The molecule has 2 atom stereocenters. The first-order valence-electron chi connectivity index (χ1n) is 10.8. The van der Waals surface area contributed by atoms with Gasteiger partial charge in [0.2, 0.25) is 0 Å². The Hall–Kier alpha value is -2.35. The summed E-state index contributed by atoms with van der Waals surface area (Å²) in [5.74, 6) is 0.804. The highest BCUT2D eigenvalue weighted by Crippen LogP contribution is 2.36. The predicted molar refractivity (Wildman–Crippen MR) is 111 cm³/mol. The number of amides is 2. The lowest BCUT2D eigenvalue weighted by molar-refractivity contribution is -0.149. The molecule has 30 heavy (non-hydrogen) atoms. The SMILES string of the molecule is COC(=O)NCCCc1cc(OC)cc([C@@H](C)N(C(=O)[C@H]2CCCCO2)C2CC2)n1. The van der Waals surface area contributed by atoms with Gasteiger partial charge in [0.05, 0.1) is 26.0 Å². The summed E-state index contributed by atoms with van der Waals surface area (Å²) in [5.41, 5.74) is 1.70. The van der Waals surface area contributed by atoms with E-state index in [1.807, 2.05) is 24.0 Å². The van der Waals surface area contributed by atoms with Crippen LogP contribution >= 0.6 is 0 Å². The van der Waals surface area contributed by atoms with Crippen LogP contribution in [0.3, 0.4) is 0 Å². The molecule has 3 rings (SSSR count). The number of hydrogen-bond acceptors (Lipinski definition) is 6. The van der Waals surface area contributed by atoms with Gasteiger partial charge in [-0.05, 0) is 51.9 Å². The van der Waals surface area contributed by atoms with Crippen LogP contribution in [0.5, 0.6) is 5.75 Å². The van der Waals surface area contributed by atoms with Crippen molar-refractivity contribution >= 4 is 12.0 Å². The van der Waals surface area contributed by atoms with Gasteiger partial charge in [0, 0.05) is 37.0 Å². The van der Waals surface area contributed by atoms with E-state index < -0.39 is 6.09 Å². The van der Waals surface area contributed by atoms with E-state index in [2.05, 4.69) is 10.1 Å². The fourth-order valence-corrected chi connectivity index (χ4v) is 3.86. The molecule has 0 bridgehead atoms. The van der Waals surface area contributed by atoms with Crippen molar-refractivity contribution in [3.8, 4) is 5.75 Å². The number of hydrogen-bond donors (Lipinski definition) is 1. The highest BCUT2D eigenvalue weighted by Gasteiger charge is 2.40. The Morgan fingerprint density at radius 3 is 2.70 bits per heavy atom. The summed E-state index contributed by atoms with van der Waals surface area (Å²) >= 11 is 0. The Labute approximate surface area is 178 Å². The van der Waals surface area contributed by atoms with Crippen LogP contribution in [-0.4, -0.2) is 61.4 Å². The largest absolute Gasteiger partial charge is 0.497 e. The fourth-order valence-electron chi connectivity index (χ4n) is 3.86. The molecule has 8 nitrogen and oxygen atoms in total. The third-order valence-electron chi connectivity index (χ3n) is 5.67. The van der Waals surface area contributed by atoms with Gasteiger partial charge in [-0.2, -0.15) is 0 Å². The van der Waals surface area contributed by atoms with Gasteiger partial charge >= 0.3 is 6.09 Å². The second-order valence-corrected chi connectivity index (χ2v) is 7.95. The standard InChI is InChI=1S/C22H33N3O5/c1-15(25(17-9-10-17)21(26)20-8-4-5-12-30-20)19-14-18(28-2)13-16(24-19)7-6-11-23-22(27)29-3/h13-15,17,20H,4-12H2,1-3H3,(H,23,27)/t15-,20-/m1/s1. The van der Waals surface area contributed by atoms with Gasteiger partial charge in [0.1, 0.15) is 11.9 Å². The average Bonchev–Trinajstić information content (AvgIpc) is 3.61. The molecule has 0 radical (unpaired) electrons. The van der Waals surface area contributed by atoms with Crippen molar-refractivity contribution in [1.29, 1.82) is 0 Å². The zero-order valence-electron chi connectivity index (χ0n) is 18.2. The first kappa shape index (κ1) is 22.3. The van der Waals surface area contributed by atoms with E-state index in [4.69, 9.17) is 14.5 Å². The average molecular weight is 420 g/mol. The topological polar surface area (TPSA) is 90.0 Å². The number of nitrogens with one attached hydrogen (secondary N) is 1. The van der Waals surface area contributed by atoms with Crippen LogP contribution in [0.25, 0.3) is 0 Å². The maximum absolute atomic E-state index is 13.2. The highest BCUT2D eigenvalue weighted by atomic mass is 16.5. The maximum atomic E-state index is 13.2. The lowest BCUT2D eigenvalue weighted by Gasteiger charge is -2.34. The molecule has 2 aliphatic rings. The zero-order valence-corrected chi connectivity index (χ0v) is 18.2. The molecule has 2 amide bonds. The molecule has 1 aromatic heterocycles. The smallest absolute Gasteiger partial charge is 0.406 e. The van der Waals surface area contributed by atoms with E-state index in [9.17, 15) is 9.59 Å². The third-order valence-corrected chi connectivity index (χ3v) is 5.67. The van der Waals surface area contributed by atoms with Crippen molar-refractivity contribution in [2.45, 2.75) is 70.1 Å². The quantitative estimate of drug-likeness (QED) is 0.619. The lowest BCUT2D eigenvalue weighted by Crippen LogP contribution is -2.44. The van der Waals surface area contributed by atoms with E-state index in [0.29, 0.717) is 19.6 Å². The van der Waals surface area contributed by atoms with E-state index in [0.717, 1.165) is 55.7 Å². The summed E-state index contributed by atoms with van der Waals surface area (Å²) in [5, 5.41) is 2.67. The van der Waals surface area contributed by atoms with Gasteiger partial charge in [-0.3, -0.25) is 9.78 Å². The first-order chi connectivity index (χ1) is 14.5. The van der Waals surface area contributed by atoms with E-state index in [1.54, 1.807) is 7.11 Å². The van der Waals surface area contributed by atoms with Crippen molar-refractivity contribution in [3.05, 3.63) is 23.5 Å². The summed E-state index contributed by atoms with van der Waals surface area (Å²) in [6.45, 7) is 3.19. The van der Waals surface area contributed by atoms with Crippen molar-refractivity contribution in [3.63, 3.8) is 0 Å². The van der Waals surface area contributed by atoms with Crippen LogP contribution in [-0.2, 0) is 20.7 Å². The van der Waals surface area contributed by atoms with Crippen LogP contribution in [0.15, 0.2) is 12.1 Å². The van der Waals surface area contributed by atoms with Crippen LogP contribution in [0.4, 0.5) is 4.79 Å². The molecule has 1 N–H and O–H groups in total. The van der Waals surface area contributed by atoms with Crippen molar-refractivity contribution < 1.29 is 23.8 Å². The molecule has 0 spiro atoms. The molecular formula is C22H33N3O5.